The first-order valence-electron chi connectivity index (χ1n) is 5.05. The van der Waals surface area contributed by atoms with E-state index < -0.39 is 0 Å². The van der Waals surface area contributed by atoms with Crippen molar-refractivity contribution in [2.75, 3.05) is 13.7 Å². The van der Waals surface area contributed by atoms with E-state index in [-0.39, 0.29) is 12.5 Å². The first-order valence-corrected chi connectivity index (χ1v) is 5.05. The Morgan fingerprint density at radius 3 is 3.13 bits per heavy atom. The molecule has 0 radical (unpaired) electrons. The number of aromatic nitrogens is 2. The van der Waals surface area contributed by atoms with Crippen LogP contribution >= 0.6 is 0 Å². The Balaban J connectivity index is 2.49. The van der Waals surface area contributed by atoms with E-state index in [1.54, 1.807) is 17.0 Å². The topological polar surface area (TPSA) is 56.2 Å². The van der Waals surface area contributed by atoms with Crippen LogP contribution in [-0.2, 0) is 22.6 Å². The van der Waals surface area contributed by atoms with E-state index in [4.69, 9.17) is 0 Å². The minimum atomic E-state index is -0.259. The van der Waals surface area contributed by atoms with E-state index in [1.165, 1.54) is 7.11 Å². The van der Waals surface area contributed by atoms with Crippen molar-refractivity contribution in [3.8, 4) is 0 Å². The molecule has 1 N–H and O–H groups in total. The summed E-state index contributed by atoms with van der Waals surface area (Å²) in [6.07, 6.45) is 4.55. The molecule has 0 bridgehead atoms. The molecular weight excluding hydrogens is 194 g/mol. The maximum atomic E-state index is 11.1. The molecule has 0 saturated carbocycles. The smallest absolute Gasteiger partial charge is 0.325 e. The van der Waals surface area contributed by atoms with Gasteiger partial charge in [-0.05, 0) is 13.0 Å². The minimum absolute atomic E-state index is 0.222. The molecule has 0 amide bonds. The van der Waals surface area contributed by atoms with Gasteiger partial charge in [-0.2, -0.15) is 0 Å². The van der Waals surface area contributed by atoms with Crippen molar-refractivity contribution in [3.05, 3.63) is 18.2 Å². The summed E-state index contributed by atoms with van der Waals surface area (Å²) in [7, 11) is 1.38. The lowest BCUT2D eigenvalue weighted by molar-refractivity contribution is -0.141. The fourth-order valence-corrected chi connectivity index (χ4v) is 1.23. The number of carbonyl (C=O) groups is 1. The number of nitrogens with one attached hydrogen (secondary N) is 1. The number of nitrogens with zero attached hydrogens (tertiary/aromatic N) is 2. The summed E-state index contributed by atoms with van der Waals surface area (Å²) in [6, 6.07) is 0. The maximum absolute atomic E-state index is 11.1. The standard InChI is InChI=1S/C10H17N3O2/c1-3-4-11-7-9-12-5-6-13(9)8-10(14)15-2/h5-6,11H,3-4,7-8H2,1-2H3. The molecule has 84 valence electrons. The monoisotopic (exact) mass is 211 g/mol. The third kappa shape index (κ3) is 3.71. The Hall–Kier alpha value is -1.36. The fraction of sp³-hybridized carbons (Fsp3) is 0.600. The highest BCUT2D eigenvalue weighted by Gasteiger charge is 2.06. The second-order valence-electron chi connectivity index (χ2n) is 3.22. The average molecular weight is 211 g/mol. The summed E-state index contributed by atoms with van der Waals surface area (Å²) in [6.45, 7) is 3.95. The number of imidazole rings is 1. The van der Waals surface area contributed by atoms with Crippen LogP contribution in [0.3, 0.4) is 0 Å². The zero-order valence-electron chi connectivity index (χ0n) is 9.19. The van der Waals surface area contributed by atoms with Crippen molar-refractivity contribution in [1.82, 2.24) is 14.9 Å². The third-order valence-electron chi connectivity index (χ3n) is 2.04. The molecule has 1 aromatic rings. The van der Waals surface area contributed by atoms with Crippen LogP contribution in [0.4, 0.5) is 0 Å². The highest BCUT2D eigenvalue weighted by molar-refractivity contribution is 5.69. The number of hydrogen-bond acceptors (Lipinski definition) is 4. The Kier molecular flexibility index (Phi) is 4.83. The highest BCUT2D eigenvalue weighted by Crippen LogP contribution is 1.98. The third-order valence-corrected chi connectivity index (χ3v) is 2.04. The van der Waals surface area contributed by atoms with Gasteiger partial charge in [0.15, 0.2) is 0 Å². The van der Waals surface area contributed by atoms with Gasteiger partial charge in [-0.3, -0.25) is 4.79 Å². The number of esters is 1. The fourth-order valence-electron chi connectivity index (χ4n) is 1.23. The van der Waals surface area contributed by atoms with E-state index in [1.807, 2.05) is 0 Å². The molecule has 0 atom stereocenters. The number of carbonyl (C=O) groups excluding carboxylic acids is 1. The summed E-state index contributed by atoms with van der Waals surface area (Å²) in [5, 5.41) is 3.23. The summed E-state index contributed by atoms with van der Waals surface area (Å²) >= 11 is 0. The number of rotatable bonds is 6. The summed E-state index contributed by atoms with van der Waals surface area (Å²) in [5.41, 5.74) is 0. The van der Waals surface area contributed by atoms with Gasteiger partial charge >= 0.3 is 5.97 Å². The van der Waals surface area contributed by atoms with Crippen LogP contribution in [-0.4, -0.2) is 29.2 Å². The number of ether oxygens (including phenoxy) is 1. The summed E-state index contributed by atoms with van der Waals surface area (Å²) in [5.74, 6) is 0.596. The van der Waals surface area contributed by atoms with Crippen LogP contribution in [0.1, 0.15) is 19.2 Å². The molecule has 0 saturated heterocycles. The lowest BCUT2D eigenvalue weighted by Crippen LogP contribution is -2.20. The maximum Gasteiger partial charge on any atom is 0.325 e. The summed E-state index contributed by atoms with van der Waals surface area (Å²) < 4.78 is 6.38. The Bertz CT molecular complexity index is 309. The van der Waals surface area contributed by atoms with Crippen molar-refractivity contribution in [3.63, 3.8) is 0 Å². The zero-order valence-corrected chi connectivity index (χ0v) is 9.19. The lowest BCUT2D eigenvalue weighted by Gasteiger charge is -2.06. The molecule has 0 aliphatic carbocycles. The predicted molar refractivity (Wildman–Crippen MR) is 56.2 cm³/mol. The Morgan fingerprint density at radius 2 is 2.47 bits per heavy atom. The molecule has 0 aliphatic rings. The zero-order chi connectivity index (χ0) is 11.1. The van der Waals surface area contributed by atoms with Crippen LogP contribution in [0, 0.1) is 0 Å². The lowest BCUT2D eigenvalue weighted by atomic mass is 10.4. The van der Waals surface area contributed by atoms with Crippen LogP contribution in [0.5, 0.6) is 0 Å². The van der Waals surface area contributed by atoms with Crippen LogP contribution in [0.25, 0.3) is 0 Å². The van der Waals surface area contributed by atoms with Crippen molar-refractivity contribution in [2.45, 2.75) is 26.4 Å². The van der Waals surface area contributed by atoms with Crippen molar-refractivity contribution >= 4 is 5.97 Å². The van der Waals surface area contributed by atoms with Gasteiger partial charge in [-0.1, -0.05) is 6.92 Å². The van der Waals surface area contributed by atoms with E-state index in [0.717, 1.165) is 18.8 Å². The molecule has 0 aliphatic heterocycles. The van der Waals surface area contributed by atoms with Gasteiger partial charge in [-0.25, -0.2) is 4.98 Å². The number of hydrogen-bond donors (Lipinski definition) is 1. The Morgan fingerprint density at radius 1 is 1.67 bits per heavy atom. The molecule has 0 fully saturated rings. The van der Waals surface area contributed by atoms with Crippen molar-refractivity contribution < 1.29 is 9.53 Å². The molecule has 1 aromatic heterocycles. The van der Waals surface area contributed by atoms with E-state index in [9.17, 15) is 4.79 Å². The highest BCUT2D eigenvalue weighted by atomic mass is 16.5. The van der Waals surface area contributed by atoms with Gasteiger partial charge in [-0.15, -0.1) is 0 Å². The molecule has 15 heavy (non-hydrogen) atoms. The van der Waals surface area contributed by atoms with Crippen molar-refractivity contribution in [2.24, 2.45) is 0 Å². The molecule has 0 aromatic carbocycles. The SMILES string of the molecule is CCCNCc1nccn1CC(=O)OC. The molecule has 1 rings (SSSR count). The molecule has 0 spiro atoms. The van der Waals surface area contributed by atoms with Gasteiger partial charge in [0.1, 0.15) is 12.4 Å². The predicted octanol–water partition coefficient (Wildman–Crippen LogP) is 0.556. The van der Waals surface area contributed by atoms with E-state index >= 15 is 0 Å². The average Bonchev–Trinajstić information content (AvgIpc) is 2.66. The van der Waals surface area contributed by atoms with Crippen molar-refractivity contribution in [1.29, 1.82) is 0 Å². The molecule has 0 unspecified atom stereocenters. The summed E-state index contributed by atoms with van der Waals surface area (Å²) in [4.78, 5) is 15.2. The second kappa shape index (κ2) is 6.19. The molecule has 5 heteroatoms. The molecule has 1 heterocycles. The van der Waals surface area contributed by atoms with Gasteiger partial charge in [0.2, 0.25) is 0 Å². The van der Waals surface area contributed by atoms with Gasteiger partial charge in [0.25, 0.3) is 0 Å². The number of methoxy groups -OCH3 is 1. The van der Waals surface area contributed by atoms with Crippen LogP contribution in [0.2, 0.25) is 0 Å². The first kappa shape index (κ1) is 11.7. The van der Waals surface area contributed by atoms with E-state index in [2.05, 4.69) is 22.0 Å². The largest absolute Gasteiger partial charge is 0.468 e. The normalized spacial score (nSPS) is 10.3. The van der Waals surface area contributed by atoms with Crippen LogP contribution in [0.15, 0.2) is 12.4 Å². The second-order valence-corrected chi connectivity index (χ2v) is 3.22. The minimum Gasteiger partial charge on any atom is -0.468 e. The van der Waals surface area contributed by atoms with Gasteiger partial charge < -0.3 is 14.6 Å². The molecule has 5 nitrogen and oxygen atoms in total. The van der Waals surface area contributed by atoms with E-state index in [0.29, 0.717) is 6.54 Å². The van der Waals surface area contributed by atoms with Gasteiger partial charge in [0, 0.05) is 12.4 Å². The quantitative estimate of drug-likeness (QED) is 0.551. The molecular formula is C10H17N3O2. The first-order chi connectivity index (χ1) is 7.27. The van der Waals surface area contributed by atoms with Gasteiger partial charge in [0.05, 0.1) is 13.7 Å². The Labute approximate surface area is 89.4 Å². The van der Waals surface area contributed by atoms with Crippen LogP contribution < -0.4 is 5.32 Å².